The van der Waals surface area contributed by atoms with Crippen LogP contribution in [0.15, 0.2) is 18.3 Å². The number of nitrogens with one attached hydrogen (secondary N) is 1. The monoisotopic (exact) mass is 306 g/mol. The second kappa shape index (κ2) is 6.64. The highest BCUT2D eigenvalue weighted by Gasteiger charge is 2.30. The first-order valence-corrected chi connectivity index (χ1v) is 6.35. The van der Waals surface area contributed by atoms with Gasteiger partial charge in [-0.15, -0.1) is 0 Å². The van der Waals surface area contributed by atoms with E-state index in [4.69, 9.17) is 5.11 Å². The minimum Gasteiger partial charge on any atom is -0.480 e. The normalized spacial score (nSPS) is 13.2. The number of aliphatic carboxylic acids is 1. The molecular formula is C13H17F3N2O3. The van der Waals surface area contributed by atoms with Crippen molar-refractivity contribution in [2.45, 2.75) is 39.0 Å². The van der Waals surface area contributed by atoms with Crippen LogP contribution in [0.2, 0.25) is 0 Å². The molecule has 1 atom stereocenters. The fraction of sp³-hybridized carbons (Fsp3) is 0.538. The summed E-state index contributed by atoms with van der Waals surface area (Å²) in [6.45, 7) is 2.27. The van der Waals surface area contributed by atoms with Crippen molar-refractivity contribution in [1.29, 1.82) is 0 Å². The lowest BCUT2D eigenvalue weighted by atomic mass is 10.0. The van der Waals surface area contributed by atoms with Crippen LogP contribution in [0.1, 0.15) is 30.8 Å². The minimum absolute atomic E-state index is 0.0216. The van der Waals surface area contributed by atoms with Crippen molar-refractivity contribution in [3.63, 3.8) is 0 Å². The van der Waals surface area contributed by atoms with E-state index in [1.54, 1.807) is 13.8 Å². The maximum absolute atomic E-state index is 12.4. The summed E-state index contributed by atoms with van der Waals surface area (Å²) in [5, 5.41) is 11.3. The van der Waals surface area contributed by atoms with Crippen molar-refractivity contribution in [1.82, 2.24) is 9.88 Å². The minimum atomic E-state index is -4.46. The first-order valence-electron chi connectivity index (χ1n) is 6.35. The lowest BCUT2D eigenvalue weighted by Crippen LogP contribution is -2.42. The topological polar surface area (TPSA) is 71.3 Å². The third-order valence-electron chi connectivity index (χ3n) is 2.72. The highest BCUT2D eigenvalue weighted by Crippen LogP contribution is 2.19. The van der Waals surface area contributed by atoms with Gasteiger partial charge in [0.25, 0.3) is 5.91 Å². The molecule has 118 valence electrons. The zero-order chi connectivity index (χ0) is 16.2. The Kier molecular flexibility index (Phi) is 5.40. The summed E-state index contributed by atoms with van der Waals surface area (Å²) in [6, 6.07) is 1.39. The molecule has 0 aliphatic rings. The molecule has 0 aromatic carbocycles. The van der Waals surface area contributed by atoms with Crippen LogP contribution >= 0.6 is 0 Å². The van der Waals surface area contributed by atoms with E-state index in [9.17, 15) is 22.8 Å². The Balaban J connectivity index is 2.84. The van der Waals surface area contributed by atoms with Crippen LogP contribution in [0, 0.1) is 5.92 Å². The molecule has 1 rings (SSSR count). The average molecular weight is 306 g/mol. The SMILES string of the molecule is CC(C)C[C@H](NC(=O)c1cccn1CC(F)(F)F)C(=O)O. The predicted octanol–water partition coefficient (Wildman–Crippen LogP) is 2.28. The molecule has 0 bridgehead atoms. The molecule has 0 fully saturated rings. The first kappa shape index (κ1) is 17.1. The standard InChI is InChI=1S/C13H17F3N2O3/c1-8(2)6-9(12(20)21)17-11(19)10-4-3-5-18(10)7-13(14,15)16/h3-5,8-9H,6-7H2,1-2H3,(H,17,19)(H,20,21)/t9-/m0/s1. The average Bonchev–Trinajstić information content (AvgIpc) is 2.72. The molecule has 0 spiro atoms. The number of aromatic nitrogens is 1. The number of rotatable bonds is 6. The maximum Gasteiger partial charge on any atom is 0.406 e. The second-order valence-electron chi connectivity index (χ2n) is 5.13. The largest absolute Gasteiger partial charge is 0.480 e. The number of alkyl halides is 3. The van der Waals surface area contributed by atoms with Crippen LogP contribution in [-0.2, 0) is 11.3 Å². The number of carbonyl (C=O) groups excluding carboxylic acids is 1. The molecular weight excluding hydrogens is 289 g/mol. The number of amides is 1. The number of nitrogens with zero attached hydrogens (tertiary/aromatic N) is 1. The molecule has 0 saturated carbocycles. The highest BCUT2D eigenvalue weighted by atomic mass is 19.4. The van der Waals surface area contributed by atoms with Crippen molar-refractivity contribution >= 4 is 11.9 Å². The summed E-state index contributed by atoms with van der Waals surface area (Å²) >= 11 is 0. The number of hydrogen-bond donors (Lipinski definition) is 2. The van der Waals surface area contributed by atoms with Gasteiger partial charge in [0, 0.05) is 6.20 Å². The zero-order valence-electron chi connectivity index (χ0n) is 11.6. The van der Waals surface area contributed by atoms with Crippen molar-refractivity contribution in [2.75, 3.05) is 0 Å². The Morgan fingerprint density at radius 1 is 1.38 bits per heavy atom. The molecule has 0 aliphatic carbocycles. The van der Waals surface area contributed by atoms with Gasteiger partial charge in [-0.2, -0.15) is 13.2 Å². The summed E-state index contributed by atoms with van der Waals surface area (Å²) in [7, 11) is 0. The molecule has 8 heteroatoms. The van der Waals surface area contributed by atoms with Gasteiger partial charge >= 0.3 is 12.1 Å². The molecule has 1 aromatic heterocycles. The number of carbonyl (C=O) groups is 2. The quantitative estimate of drug-likeness (QED) is 0.847. The van der Waals surface area contributed by atoms with Crippen LogP contribution in [0.4, 0.5) is 13.2 Å². The molecule has 21 heavy (non-hydrogen) atoms. The third kappa shape index (κ3) is 5.49. The van der Waals surface area contributed by atoms with Gasteiger partial charge in [0.2, 0.25) is 0 Å². The van der Waals surface area contributed by atoms with Crippen LogP contribution in [0.3, 0.4) is 0 Å². The smallest absolute Gasteiger partial charge is 0.406 e. The van der Waals surface area contributed by atoms with Gasteiger partial charge in [-0.3, -0.25) is 4.79 Å². The molecule has 5 nitrogen and oxygen atoms in total. The van der Waals surface area contributed by atoms with Crippen LogP contribution in [0.25, 0.3) is 0 Å². The van der Waals surface area contributed by atoms with Crippen LogP contribution in [-0.4, -0.2) is 33.8 Å². The van der Waals surface area contributed by atoms with Crippen molar-refractivity contribution in [3.05, 3.63) is 24.0 Å². The van der Waals surface area contributed by atoms with E-state index in [0.717, 1.165) is 10.8 Å². The van der Waals surface area contributed by atoms with Crippen molar-refractivity contribution in [3.8, 4) is 0 Å². The molecule has 0 saturated heterocycles. The van der Waals surface area contributed by atoms with Crippen molar-refractivity contribution < 1.29 is 27.9 Å². The van der Waals surface area contributed by atoms with Gasteiger partial charge in [-0.1, -0.05) is 13.8 Å². The fourth-order valence-electron chi connectivity index (χ4n) is 1.88. The number of carboxylic acids is 1. The van der Waals surface area contributed by atoms with E-state index in [-0.39, 0.29) is 18.0 Å². The van der Waals surface area contributed by atoms with E-state index in [2.05, 4.69) is 5.32 Å². The Hall–Kier alpha value is -1.99. The molecule has 0 radical (unpaired) electrons. The van der Waals surface area contributed by atoms with E-state index in [1.165, 1.54) is 12.1 Å². The van der Waals surface area contributed by atoms with Gasteiger partial charge in [0.1, 0.15) is 18.3 Å². The van der Waals surface area contributed by atoms with E-state index in [1.807, 2.05) is 0 Å². The number of halogens is 3. The Bertz CT molecular complexity index is 509. The first-order chi connectivity index (χ1) is 9.60. The highest BCUT2D eigenvalue weighted by molar-refractivity contribution is 5.95. The third-order valence-corrected chi connectivity index (χ3v) is 2.72. The van der Waals surface area contributed by atoms with E-state index < -0.39 is 30.6 Å². The molecule has 0 aliphatic heterocycles. The summed E-state index contributed by atoms with van der Waals surface area (Å²) < 4.78 is 37.9. The number of carboxylic acid groups (broad SMARTS) is 1. The van der Waals surface area contributed by atoms with E-state index >= 15 is 0 Å². The fourth-order valence-corrected chi connectivity index (χ4v) is 1.88. The van der Waals surface area contributed by atoms with Gasteiger partial charge in [-0.25, -0.2) is 4.79 Å². The summed E-state index contributed by atoms with van der Waals surface area (Å²) in [5.41, 5.74) is -0.220. The van der Waals surface area contributed by atoms with Gasteiger partial charge < -0.3 is 15.0 Å². The van der Waals surface area contributed by atoms with Crippen LogP contribution < -0.4 is 5.32 Å². The lowest BCUT2D eigenvalue weighted by molar-refractivity contribution is -0.141. The maximum atomic E-state index is 12.4. The van der Waals surface area contributed by atoms with Gasteiger partial charge in [-0.05, 0) is 24.5 Å². The Morgan fingerprint density at radius 3 is 2.48 bits per heavy atom. The van der Waals surface area contributed by atoms with Gasteiger partial charge in [0.05, 0.1) is 0 Å². The van der Waals surface area contributed by atoms with E-state index in [0.29, 0.717) is 0 Å². The lowest BCUT2D eigenvalue weighted by Gasteiger charge is -2.17. The Morgan fingerprint density at radius 2 is 2.00 bits per heavy atom. The summed E-state index contributed by atoms with van der Waals surface area (Å²) in [4.78, 5) is 23.0. The summed E-state index contributed by atoms with van der Waals surface area (Å²) in [6.07, 6.45) is -3.14. The van der Waals surface area contributed by atoms with Crippen molar-refractivity contribution in [2.24, 2.45) is 5.92 Å². The molecule has 1 heterocycles. The molecule has 1 amide bonds. The zero-order valence-corrected chi connectivity index (χ0v) is 11.6. The Labute approximate surface area is 119 Å². The molecule has 1 aromatic rings. The van der Waals surface area contributed by atoms with Gasteiger partial charge in [0.15, 0.2) is 0 Å². The van der Waals surface area contributed by atoms with Crippen LogP contribution in [0.5, 0.6) is 0 Å². The number of hydrogen-bond acceptors (Lipinski definition) is 2. The predicted molar refractivity (Wildman–Crippen MR) is 68.8 cm³/mol. The second-order valence-corrected chi connectivity index (χ2v) is 5.13. The molecule has 0 unspecified atom stereocenters. The molecule has 2 N–H and O–H groups in total. The summed E-state index contributed by atoms with van der Waals surface area (Å²) in [5.74, 6) is -2.03.